The summed E-state index contributed by atoms with van der Waals surface area (Å²) >= 11 is 15.4. The van der Waals surface area contributed by atoms with Gasteiger partial charge in [0, 0.05) is 20.6 Å². The fourth-order valence-electron chi connectivity index (χ4n) is 1.84. The van der Waals surface area contributed by atoms with E-state index in [4.69, 9.17) is 27.6 Å². The highest BCUT2D eigenvalue weighted by Gasteiger charge is 2.09. The summed E-state index contributed by atoms with van der Waals surface area (Å²) in [6, 6.07) is 12.9. The van der Waals surface area contributed by atoms with Crippen molar-refractivity contribution in [3.8, 4) is 11.5 Å². The van der Waals surface area contributed by atoms with Crippen molar-refractivity contribution < 1.29 is 4.42 Å². The van der Waals surface area contributed by atoms with Gasteiger partial charge in [0.2, 0.25) is 11.8 Å². The van der Waals surface area contributed by atoms with Crippen LogP contribution >= 0.6 is 39.1 Å². The summed E-state index contributed by atoms with van der Waals surface area (Å²) in [6.45, 7) is 0. The maximum absolute atomic E-state index is 6.11. The summed E-state index contributed by atoms with van der Waals surface area (Å²) in [7, 11) is 0. The van der Waals surface area contributed by atoms with Gasteiger partial charge in [0.25, 0.3) is 0 Å². The molecule has 0 radical (unpaired) electrons. The molecule has 0 aliphatic carbocycles. The molecule has 0 saturated heterocycles. The topological polar surface area (TPSA) is 38.9 Å². The van der Waals surface area contributed by atoms with Gasteiger partial charge in [-0.2, -0.15) is 0 Å². The molecule has 2 aromatic carbocycles. The van der Waals surface area contributed by atoms with Crippen LogP contribution in [0.5, 0.6) is 0 Å². The van der Waals surface area contributed by atoms with E-state index in [-0.39, 0.29) is 0 Å². The maximum atomic E-state index is 6.11. The molecule has 3 rings (SSSR count). The molecule has 0 saturated carbocycles. The molecule has 3 nitrogen and oxygen atoms in total. The zero-order valence-corrected chi connectivity index (χ0v) is 14.2. The number of aromatic nitrogens is 2. The summed E-state index contributed by atoms with van der Waals surface area (Å²) in [6.07, 6.45) is 3.51. The summed E-state index contributed by atoms with van der Waals surface area (Å²) in [4.78, 5) is 0. The molecule has 0 bridgehead atoms. The van der Waals surface area contributed by atoms with E-state index in [1.54, 1.807) is 24.3 Å². The molecule has 0 spiro atoms. The van der Waals surface area contributed by atoms with Gasteiger partial charge in [0.15, 0.2) is 0 Å². The standard InChI is InChI=1S/C16H9BrCl2N2O/c17-13-4-2-1-3-12(13)16-21-20-15(22-16)8-6-10-5-7-11(18)9-14(10)19/h1-9H/b8-6+. The van der Waals surface area contributed by atoms with Crippen molar-refractivity contribution in [1.29, 1.82) is 0 Å². The van der Waals surface area contributed by atoms with Crippen molar-refractivity contribution in [3.63, 3.8) is 0 Å². The van der Waals surface area contributed by atoms with Crippen molar-refractivity contribution in [2.75, 3.05) is 0 Å². The van der Waals surface area contributed by atoms with Gasteiger partial charge in [-0.15, -0.1) is 10.2 Å². The minimum Gasteiger partial charge on any atom is -0.417 e. The largest absolute Gasteiger partial charge is 0.417 e. The molecule has 0 aliphatic heterocycles. The molecular formula is C16H9BrCl2N2O. The number of hydrogen-bond donors (Lipinski definition) is 0. The van der Waals surface area contributed by atoms with Crippen LogP contribution in [0.3, 0.4) is 0 Å². The van der Waals surface area contributed by atoms with Crippen molar-refractivity contribution in [3.05, 3.63) is 68.4 Å². The fourth-order valence-corrected chi connectivity index (χ4v) is 2.77. The molecule has 0 N–H and O–H groups in total. The first kappa shape index (κ1) is 15.3. The second-order valence-electron chi connectivity index (χ2n) is 4.42. The average Bonchev–Trinajstić information content (AvgIpc) is 2.95. The Hall–Kier alpha value is -1.62. The van der Waals surface area contributed by atoms with Crippen molar-refractivity contribution in [2.45, 2.75) is 0 Å². The van der Waals surface area contributed by atoms with Crippen LogP contribution in [0.15, 0.2) is 51.4 Å². The van der Waals surface area contributed by atoms with Gasteiger partial charge in [-0.05, 0) is 51.8 Å². The van der Waals surface area contributed by atoms with Gasteiger partial charge in [-0.3, -0.25) is 0 Å². The molecular weight excluding hydrogens is 387 g/mol. The van der Waals surface area contributed by atoms with Gasteiger partial charge < -0.3 is 4.42 Å². The predicted molar refractivity (Wildman–Crippen MR) is 92.8 cm³/mol. The first-order chi connectivity index (χ1) is 10.6. The molecule has 0 unspecified atom stereocenters. The first-order valence-electron chi connectivity index (χ1n) is 6.35. The monoisotopic (exact) mass is 394 g/mol. The second-order valence-corrected chi connectivity index (χ2v) is 6.12. The van der Waals surface area contributed by atoms with Crippen LogP contribution in [0.25, 0.3) is 23.6 Å². The van der Waals surface area contributed by atoms with E-state index in [2.05, 4.69) is 26.1 Å². The highest BCUT2D eigenvalue weighted by atomic mass is 79.9. The molecule has 0 aliphatic rings. The van der Waals surface area contributed by atoms with E-state index in [0.717, 1.165) is 15.6 Å². The molecule has 0 fully saturated rings. The van der Waals surface area contributed by atoms with E-state index < -0.39 is 0 Å². The lowest BCUT2D eigenvalue weighted by Crippen LogP contribution is -1.78. The number of rotatable bonds is 3. The van der Waals surface area contributed by atoms with E-state index in [9.17, 15) is 0 Å². The van der Waals surface area contributed by atoms with Crippen molar-refractivity contribution in [2.24, 2.45) is 0 Å². The zero-order chi connectivity index (χ0) is 15.5. The fraction of sp³-hybridized carbons (Fsp3) is 0. The zero-order valence-electron chi connectivity index (χ0n) is 11.1. The van der Waals surface area contributed by atoms with Crippen LogP contribution < -0.4 is 0 Å². The van der Waals surface area contributed by atoms with E-state index >= 15 is 0 Å². The number of nitrogens with zero attached hydrogens (tertiary/aromatic N) is 2. The Bertz CT molecular complexity index is 846. The summed E-state index contributed by atoms with van der Waals surface area (Å²) in [5, 5.41) is 9.20. The smallest absolute Gasteiger partial charge is 0.249 e. The lowest BCUT2D eigenvalue weighted by atomic mass is 10.2. The van der Waals surface area contributed by atoms with Crippen LogP contribution in [0.4, 0.5) is 0 Å². The van der Waals surface area contributed by atoms with Crippen molar-refractivity contribution >= 4 is 51.3 Å². The van der Waals surface area contributed by atoms with Crippen LogP contribution in [0.2, 0.25) is 10.0 Å². The Morgan fingerprint density at radius 1 is 1.00 bits per heavy atom. The number of benzene rings is 2. The van der Waals surface area contributed by atoms with Crippen molar-refractivity contribution in [1.82, 2.24) is 10.2 Å². The third-order valence-electron chi connectivity index (χ3n) is 2.91. The lowest BCUT2D eigenvalue weighted by Gasteiger charge is -1.98. The summed E-state index contributed by atoms with van der Waals surface area (Å²) in [5.41, 5.74) is 1.67. The van der Waals surface area contributed by atoms with Crippen LogP contribution in [-0.2, 0) is 0 Å². The van der Waals surface area contributed by atoms with Crippen LogP contribution in [0, 0.1) is 0 Å². The van der Waals surface area contributed by atoms with E-state index in [1.807, 2.05) is 30.3 Å². The molecule has 22 heavy (non-hydrogen) atoms. The summed E-state index contributed by atoms with van der Waals surface area (Å²) in [5.74, 6) is 0.853. The van der Waals surface area contributed by atoms with Crippen LogP contribution in [-0.4, -0.2) is 10.2 Å². The first-order valence-corrected chi connectivity index (χ1v) is 7.90. The third-order valence-corrected chi connectivity index (χ3v) is 4.17. The molecule has 6 heteroatoms. The Balaban J connectivity index is 1.85. The minimum absolute atomic E-state index is 0.400. The molecule has 0 amide bonds. The normalized spacial score (nSPS) is 11.2. The molecule has 110 valence electrons. The Kier molecular flexibility index (Phi) is 4.62. The second kappa shape index (κ2) is 6.65. The minimum atomic E-state index is 0.400. The average molecular weight is 396 g/mol. The van der Waals surface area contributed by atoms with Gasteiger partial charge in [-0.25, -0.2) is 0 Å². The molecule has 1 heterocycles. The predicted octanol–water partition coefficient (Wildman–Crippen LogP) is 5.98. The summed E-state index contributed by atoms with van der Waals surface area (Å²) < 4.78 is 6.53. The molecule has 0 atom stereocenters. The van der Waals surface area contributed by atoms with Gasteiger partial charge in [-0.1, -0.05) is 41.4 Å². The Labute approximate surface area is 145 Å². The number of halogens is 3. The molecule has 1 aromatic heterocycles. The van der Waals surface area contributed by atoms with Crippen LogP contribution in [0.1, 0.15) is 11.5 Å². The van der Waals surface area contributed by atoms with Gasteiger partial charge in [0.1, 0.15) is 0 Å². The quantitative estimate of drug-likeness (QED) is 0.547. The van der Waals surface area contributed by atoms with E-state index in [0.29, 0.717) is 21.8 Å². The highest BCUT2D eigenvalue weighted by Crippen LogP contribution is 2.27. The highest BCUT2D eigenvalue weighted by molar-refractivity contribution is 9.10. The Morgan fingerprint density at radius 3 is 2.59 bits per heavy atom. The van der Waals surface area contributed by atoms with E-state index in [1.165, 1.54) is 0 Å². The van der Waals surface area contributed by atoms with Gasteiger partial charge >= 0.3 is 0 Å². The number of hydrogen-bond acceptors (Lipinski definition) is 3. The Morgan fingerprint density at radius 2 is 1.82 bits per heavy atom. The SMILES string of the molecule is Clc1ccc(/C=C/c2nnc(-c3ccccc3Br)o2)c(Cl)c1. The lowest BCUT2D eigenvalue weighted by molar-refractivity contribution is 0.557. The maximum Gasteiger partial charge on any atom is 0.249 e. The van der Waals surface area contributed by atoms with Gasteiger partial charge in [0.05, 0.1) is 5.56 Å². The third kappa shape index (κ3) is 3.40. The molecule has 3 aromatic rings.